The van der Waals surface area contributed by atoms with Crippen LogP contribution >= 0.6 is 0 Å². The van der Waals surface area contributed by atoms with Crippen molar-refractivity contribution in [3.63, 3.8) is 0 Å². The molecule has 1 aromatic rings. The molecule has 0 unspecified atom stereocenters. The summed E-state index contributed by atoms with van der Waals surface area (Å²) in [6, 6.07) is 0.665. The van der Waals surface area contributed by atoms with E-state index >= 15 is 0 Å². The number of carbonyl (C=O) groups is 1. The molecule has 4 rings (SSSR count). The molecule has 150 valence electrons. The standard InChI is InChI=1S/C19H29N5O.CH4O/c25-18(16-14-20-19(21-15-16)24-10-4-5-11-24)23-12-6-17(7-13-23)22-8-2-1-3-9-22;1-2/h14-15,17H,1-13H2;2H,1H3. The Morgan fingerprint density at radius 2 is 1.44 bits per heavy atom. The predicted molar refractivity (Wildman–Crippen MR) is 106 cm³/mol. The molecule has 0 saturated carbocycles. The average molecular weight is 376 g/mol. The molecular formula is C20H33N5O2. The van der Waals surface area contributed by atoms with Crippen molar-refractivity contribution < 1.29 is 9.90 Å². The van der Waals surface area contributed by atoms with E-state index in [1.54, 1.807) is 12.4 Å². The molecule has 4 heterocycles. The van der Waals surface area contributed by atoms with Gasteiger partial charge < -0.3 is 19.8 Å². The molecule has 3 aliphatic rings. The van der Waals surface area contributed by atoms with Crippen molar-refractivity contribution in [3.8, 4) is 0 Å². The number of hydrogen-bond donors (Lipinski definition) is 1. The second-order valence-electron chi connectivity index (χ2n) is 7.59. The Labute approximate surface area is 162 Å². The molecule has 0 radical (unpaired) electrons. The van der Waals surface area contributed by atoms with Crippen LogP contribution in [0, 0.1) is 0 Å². The Morgan fingerprint density at radius 3 is 2.04 bits per heavy atom. The van der Waals surface area contributed by atoms with E-state index in [0.29, 0.717) is 11.6 Å². The van der Waals surface area contributed by atoms with Gasteiger partial charge in [0.2, 0.25) is 5.95 Å². The minimum absolute atomic E-state index is 0.0880. The lowest BCUT2D eigenvalue weighted by molar-refractivity contribution is 0.0589. The average Bonchev–Trinajstić information content (AvgIpc) is 3.31. The van der Waals surface area contributed by atoms with Crippen LogP contribution in [0.4, 0.5) is 5.95 Å². The van der Waals surface area contributed by atoms with Gasteiger partial charge in [-0.3, -0.25) is 4.79 Å². The number of anilines is 1. The molecule has 3 aliphatic heterocycles. The van der Waals surface area contributed by atoms with Crippen molar-refractivity contribution >= 4 is 11.9 Å². The van der Waals surface area contributed by atoms with E-state index in [4.69, 9.17) is 5.11 Å². The number of hydrogen-bond acceptors (Lipinski definition) is 6. The molecule has 3 saturated heterocycles. The highest BCUT2D eigenvalue weighted by atomic mass is 16.2. The zero-order valence-corrected chi connectivity index (χ0v) is 16.5. The Hall–Kier alpha value is -1.73. The Morgan fingerprint density at radius 1 is 0.889 bits per heavy atom. The first-order chi connectivity index (χ1) is 13.3. The van der Waals surface area contributed by atoms with E-state index in [1.807, 2.05) is 4.90 Å². The van der Waals surface area contributed by atoms with E-state index in [0.717, 1.165) is 52.1 Å². The number of piperidine rings is 2. The lowest BCUT2D eigenvalue weighted by Gasteiger charge is -2.40. The van der Waals surface area contributed by atoms with Crippen LogP contribution in [-0.4, -0.2) is 83.2 Å². The van der Waals surface area contributed by atoms with Crippen LogP contribution in [0.1, 0.15) is 55.3 Å². The number of aliphatic hydroxyl groups excluding tert-OH is 1. The molecule has 0 aliphatic carbocycles. The van der Waals surface area contributed by atoms with Gasteiger partial charge in [-0.1, -0.05) is 6.42 Å². The fourth-order valence-corrected chi connectivity index (χ4v) is 4.41. The monoisotopic (exact) mass is 375 g/mol. The van der Waals surface area contributed by atoms with Crippen molar-refractivity contribution in [1.82, 2.24) is 19.8 Å². The molecular weight excluding hydrogens is 342 g/mol. The van der Waals surface area contributed by atoms with Gasteiger partial charge in [-0.15, -0.1) is 0 Å². The van der Waals surface area contributed by atoms with Gasteiger partial charge in [0.05, 0.1) is 5.56 Å². The molecule has 7 heteroatoms. The van der Waals surface area contributed by atoms with Crippen LogP contribution in [0.15, 0.2) is 12.4 Å². The van der Waals surface area contributed by atoms with Crippen LogP contribution < -0.4 is 4.90 Å². The molecule has 0 atom stereocenters. The highest BCUT2D eigenvalue weighted by Gasteiger charge is 2.28. The van der Waals surface area contributed by atoms with E-state index < -0.39 is 0 Å². The summed E-state index contributed by atoms with van der Waals surface area (Å²) >= 11 is 0. The van der Waals surface area contributed by atoms with Crippen LogP contribution in [0.5, 0.6) is 0 Å². The first kappa shape index (κ1) is 20.0. The summed E-state index contributed by atoms with van der Waals surface area (Å²) in [7, 11) is 1.00. The van der Waals surface area contributed by atoms with Crippen molar-refractivity contribution in [3.05, 3.63) is 18.0 Å². The zero-order valence-electron chi connectivity index (χ0n) is 16.5. The lowest BCUT2D eigenvalue weighted by atomic mass is 9.99. The van der Waals surface area contributed by atoms with Crippen LogP contribution in [0.2, 0.25) is 0 Å². The molecule has 1 amide bonds. The van der Waals surface area contributed by atoms with Gasteiger partial charge >= 0.3 is 0 Å². The largest absolute Gasteiger partial charge is 0.400 e. The predicted octanol–water partition coefficient (Wildman–Crippen LogP) is 1.78. The van der Waals surface area contributed by atoms with Crippen molar-refractivity contribution in [2.24, 2.45) is 0 Å². The van der Waals surface area contributed by atoms with Crippen molar-refractivity contribution in [2.75, 3.05) is 51.3 Å². The highest BCUT2D eigenvalue weighted by molar-refractivity contribution is 5.93. The summed E-state index contributed by atoms with van der Waals surface area (Å²) in [5.41, 5.74) is 0.624. The van der Waals surface area contributed by atoms with Gasteiger partial charge in [0, 0.05) is 51.7 Å². The third kappa shape index (κ3) is 4.96. The molecule has 7 nitrogen and oxygen atoms in total. The second kappa shape index (κ2) is 9.99. The Balaban J connectivity index is 0.00000102. The summed E-state index contributed by atoms with van der Waals surface area (Å²) in [5.74, 6) is 0.850. The Bertz CT molecular complexity index is 575. The SMILES string of the molecule is CO.O=C(c1cnc(N2CCCC2)nc1)N1CCC(N2CCCCC2)CC1. The summed E-state index contributed by atoms with van der Waals surface area (Å²) in [4.78, 5) is 28.4. The third-order valence-electron chi connectivity index (χ3n) is 5.93. The van der Waals surface area contributed by atoms with Gasteiger partial charge in [0.25, 0.3) is 5.91 Å². The molecule has 1 aromatic heterocycles. The van der Waals surface area contributed by atoms with Gasteiger partial charge in [0.15, 0.2) is 0 Å². The van der Waals surface area contributed by atoms with Crippen LogP contribution in [-0.2, 0) is 0 Å². The first-order valence-electron chi connectivity index (χ1n) is 10.4. The van der Waals surface area contributed by atoms with Crippen LogP contribution in [0.25, 0.3) is 0 Å². The third-order valence-corrected chi connectivity index (χ3v) is 5.93. The maximum Gasteiger partial charge on any atom is 0.256 e. The fraction of sp³-hybridized carbons (Fsp3) is 0.750. The summed E-state index contributed by atoms with van der Waals surface area (Å²) in [6.45, 7) is 6.24. The lowest BCUT2D eigenvalue weighted by Crippen LogP contribution is -2.48. The number of likely N-dealkylation sites (tertiary alicyclic amines) is 2. The Kier molecular flexibility index (Phi) is 7.41. The maximum absolute atomic E-state index is 12.7. The zero-order chi connectivity index (χ0) is 19.1. The molecule has 0 aromatic carbocycles. The molecule has 3 fully saturated rings. The van der Waals surface area contributed by atoms with Gasteiger partial charge in [-0.25, -0.2) is 9.97 Å². The minimum atomic E-state index is 0.0880. The topological polar surface area (TPSA) is 72.8 Å². The van der Waals surface area contributed by atoms with Gasteiger partial charge in [0.1, 0.15) is 0 Å². The number of carbonyl (C=O) groups excluding carboxylic acids is 1. The van der Waals surface area contributed by atoms with E-state index in [1.165, 1.54) is 45.2 Å². The van der Waals surface area contributed by atoms with E-state index in [2.05, 4.69) is 19.8 Å². The number of amides is 1. The quantitative estimate of drug-likeness (QED) is 0.868. The fourth-order valence-electron chi connectivity index (χ4n) is 4.41. The molecule has 0 spiro atoms. The van der Waals surface area contributed by atoms with Crippen LogP contribution in [0.3, 0.4) is 0 Å². The highest BCUT2D eigenvalue weighted by Crippen LogP contribution is 2.22. The number of rotatable bonds is 3. The van der Waals surface area contributed by atoms with E-state index in [-0.39, 0.29) is 5.91 Å². The van der Waals surface area contributed by atoms with E-state index in [9.17, 15) is 4.79 Å². The first-order valence-corrected chi connectivity index (χ1v) is 10.4. The summed E-state index contributed by atoms with van der Waals surface area (Å²) in [5, 5.41) is 7.00. The van der Waals surface area contributed by atoms with Gasteiger partial charge in [-0.2, -0.15) is 0 Å². The number of aliphatic hydroxyl groups is 1. The molecule has 27 heavy (non-hydrogen) atoms. The second-order valence-corrected chi connectivity index (χ2v) is 7.59. The summed E-state index contributed by atoms with van der Waals surface area (Å²) in [6.07, 6.45) is 12.1. The number of aromatic nitrogens is 2. The summed E-state index contributed by atoms with van der Waals surface area (Å²) < 4.78 is 0. The van der Waals surface area contributed by atoms with Crippen molar-refractivity contribution in [2.45, 2.75) is 51.0 Å². The van der Waals surface area contributed by atoms with Gasteiger partial charge in [-0.05, 0) is 51.6 Å². The number of nitrogens with zero attached hydrogens (tertiary/aromatic N) is 5. The normalized spacial score (nSPS) is 21.7. The molecule has 0 bridgehead atoms. The maximum atomic E-state index is 12.7. The molecule has 1 N–H and O–H groups in total. The van der Waals surface area contributed by atoms with Crippen molar-refractivity contribution in [1.29, 1.82) is 0 Å². The minimum Gasteiger partial charge on any atom is -0.400 e. The smallest absolute Gasteiger partial charge is 0.256 e.